The van der Waals surface area contributed by atoms with Crippen LogP contribution in [0.3, 0.4) is 0 Å². The quantitative estimate of drug-likeness (QED) is 0.495. The first-order valence-corrected chi connectivity index (χ1v) is 5.55. The van der Waals surface area contributed by atoms with Gasteiger partial charge in [-0.3, -0.25) is 0 Å². The zero-order chi connectivity index (χ0) is 8.67. The van der Waals surface area contributed by atoms with Crippen molar-refractivity contribution in [2.45, 2.75) is 0 Å². The molecule has 0 saturated carbocycles. The molecule has 1 heterocycles. The SMILES string of the molecule is c1ccc2c3c[pH]ccc-3cc2c1. The van der Waals surface area contributed by atoms with Gasteiger partial charge in [0.2, 0.25) is 0 Å². The van der Waals surface area contributed by atoms with Crippen molar-refractivity contribution in [2.75, 3.05) is 0 Å². The summed E-state index contributed by atoms with van der Waals surface area (Å²) >= 11 is 0. The second-order valence-electron chi connectivity index (χ2n) is 3.24. The Morgan fingerprint density at radius 2 is 1.92 bits per heavy atom. The molecule has 0 N–H and O–H groups in total. The molecule has 1 atom stereocenters. The highest BCUT2D eigenvalue weighted by Gasteiger charge is 2.06. The summed E-state index contributed by atoms with van der Waals surface area (Å²) in [5.74, 6) is 4.57. The highest BCUT2D eigenvalue weighted by molar-refractivity contribution is 7.28. The molecule has 13 heavy (non-hydrogen) atoms. The van der Waals surface area contributed by atoms with E-state index in [1.54, 1.807) is 0 Å². The fourth-order valence-electron chi connectivity index (χ4n) is 1.84. The second kappa shape index (κ2) is 2.61. The van der Waals surface area contributed by atoms with Crippen LogP contribution in [-0.4, -0.2) is 0 Å². The van der Waals surface area contributed by atoms with Crippen molar-refractivity contribution < 1.29 is 0 Å². The number of hydrogen-bond acceptors (Lipinski definition) is 0. The van der Waals surface area contributed by atoms with Gasteiger partial charge in [0, 0.05) is 0 Å². The molecule has 0 saturated heterocycles. The molecule has 0 fully saturated rings. The Morgan fingerprint density at radius 3 is 2.92 bits per heavy atom. The van der Waals surface area contributed by atoms with E-state index in [0.29, 0.717) is 0 Å². The van der Waals surface area contributed by atoms with Crippen molar-refractivity contribution in [3.8, 4) is 11.1 Å². The summed E-state index contributed by atoms with van der Waals surface area (Å²) in [6.07, 6.45) is 0. The van der Waals surface area contributed by atoms with E-state index < -0.39 is 0 Å². The van der Waals surface area contributed by atoms with E-state index in [9.17, 15) is 0 Å². The van der Waals surface area contributed by atoms with Crippen LogP contribution in [0.1, 0.15) is 0 Å². The largest absolute Gasteiger partial charge is 0.139 e. The van der Waals surface area contributed by atoms with Crippen LogP contribution in [0.4, 0.5) is 0 Å². The summed E-state index contributed by atoms with van der Waals surface area (Å²) in [7, 11) is 0.843. The maximum Gasteiger partial charge on any atom is -0.00680 e. The summed E-state index contributed by atoms with van der Waals surface area (Å²) in [5.41, 5.74) is 2.80. The number of hydrogen-bond donors (Lipinski definition) is 0. The summed E-state index contributed by atoms with van der Waals surface area (Å²) in [6, 6.07) is 13.1. The number of fused-ring (bicyclic) bond motifs is 3. The molecule has 1 aliphatic heterocycles. The number of benzene rings is 1. The molecular formula is C12H9P. The standard InChI is InChI=1S/C12H9P/c1-2-4-11-9(3-1)7-10-5-6-13-8-12(10)11/h1-8,13H. The lowest BCUT2D eigenvalue weighted by atomic mass is 10.1. The minimum absolute atomic E-state index is 0.843. The second-order valence-corrected chi connectivity index (χ2v) is 4.20. The van der Waals surface area contributed by atoms with Gasteiger partial charge in [-0.05, 0) is 39.6 Å². The molecule has 3 rings (SSSR count). The van der Waals surface area contributed by atoms with Gasteiger partial charge < -0.3 is 0 Å². The van der Waals surface area contributed by atoms with Gasteiger partial charge in [0.25, 0.3) is 0 Å². The molecule has 1 aromatic carbocycles. The zero-order valence-electron chi connectivity index (χ0n) is 7.12. The van der Waals surface area contributed by atoms with Crippen molar-refractivity contribution in [2.24, 2.45) is 0 Å². The zero-order valence-corrected chi connectivity index (χ0v) is 8.12. The Morgan fingerprint density at radius 1 is 1.00 bits per heavy atom. The van der Waals surface area contributed by atoms with Crippen molar-refractivity contribution in [1.82, 2.24) is 0 Å². The molecule has 0 radical (unpaired) electrons. The van der Waals surface area contributed by atoms with Crippen LogP contribution in [-0.2, 0) is 0 Å². The molecule has 2 aliphatic rings. The van der Waals surface area contributed by atoms with Crippen LogP contribution in [0.2, 0.25) is 0 Å². The van der Waals surface area contributed by atoms with Gasteiger partial charge in [-0.2, -0.15) is 0 Å². The molecule has 0 spiro atoms. The third kappa shape index (κ3) is 0.993. The Bertz CT molecular complexity index is 522. The lowest BCUT2D eigenvalue weighted by molar-refractivity contribution is 1.84. The first-order valence-electron chi connectivity index (χ1n) is 4.39. The van der Waals surface area contributed by atoms with Gasteiger partial charge in [0.05, 0.1) is 0 Å². The number of rotatable bonds is 0. The van der Waals surface area contributed by atoms with Crippen LogP contribution in [0, 0.1) is 0 Å². The van der Waals surface area contributed by atoms with Gasteiger partial charge in [0.1, 0.15) is 0 Å². The van der Waals surface area contributed by atoms with Crippen LogP contribution in [0.25, 0.3) is 21.9 Å². The predicted octanol–water partition coefficient (Wildman–Crippen LogP) is 3.98. The Hall–Kier alpha value is -1.26. The molecule has 1 aromatic rings. The fourth-order valence-corrected chi connectivity index (χ4v) is 2.70. The van der Waals surface area contributed by atoms with Gasteiger partial charge in [-0.25, -0.2) is 0 Å². The Kier molecular flexibility index (Phi) is 1.44. The molecular weight excluding hydrogens is 175 g/mol. The van der Waals surface area contributed by atoms with Gasteiger partial charge in [-0.1, -0.05) is 30.3 Å². The molecule has 1 unspecified atom stereocenters. The van der Waals surface area contributed by atoms with Gasteiger partial charge >= 0.3 is 0 Å². The van der Waals surface area contributed by atoms with E-state index in [-0.39, 0.29) is 0 Å². The van der Waals surface area contributed by atoms with Crippen molar-refractivity contribution in [3.63, 3.8) is 0 Å². The average Bonchev–Trinajstić information content (AvgIpc) is 2.56. The van der Waals surface area contributed by atoms with Crippen molar-refractivity contribution in [1.29, 1.82) is 0 Å². The maximum atomic E-state index is 2.33. The minimum atomic E-state index is 0.843. The summed E-state index contributed by atoms with van der Waals surface area (Å²) in [4.78, 5) is 0. The van der Waals surface area contributed by atoms with E-state index in [1.165, 1.54) is 21.9 Å². The molecule has 0 amide bonds. The van der Waals surface area contributed by atoms with Crippen LogP contribution >= 0.6 is 8.19 Å². The smallest absolute Gasteiger partial charge is 0.00680 e. The minimum Gasteiger partial charge on any atom is -0.139 e. The van der Waals surface area contributed by atoms with Crippen molar-refractivity contribution >= 4 is 19.0 Å². The van der Waals surface area contributed by atoms with E-state index in [0.717, 1.165) is 8.19 Å². The summed E-state index contributed by atoms with van der Waals surface area (Å²) in [6.45, 7) is 0. The average molecular weight is 184 g/mol. The molecule has 1 aliphatic carbocycles. The van der Waals surface area contributed by atoms with E-state index in [1.807, 2.05) is 0 Å². The molecule has 1 heteroatoms. The van der Waals surface area contributed by atoms with Crippen LogP contribution < -0.4 is 0 Å². The first kappa shape index (κ1) is 7.17. The molecule has 62 valence electrons. The predicted molar refractivity (Wildman–Crippen MR) is 60.1 cm³/mol. The maximum absolute atomic E-state index is 2.33. The Balaban J connectivity index is 2.56. The summed E-state index contributed by atoms with van der Waals surface area (Å²) in [5, 5.41) is 2.76. The third-order valence-corrected chi connectivity index (χ3v) is 3.27. The fraction of sp³-hybridized carbons (Fsp3) is 0. The normalized spacial score (nSPS) is 11.7. The highest BCUT2D eigenvalue weighted by Crippen LogP contribution is 2.35. The summed E-state index contributed by atoms with van der Waals surface area (Å²) < 4.78 is 0. The Labute approximate surface area is 78.6 Å². The lowest BCUT2D eigenvalue weighted by Gasteiger charge is -1.96. The monoisotopic (exact) mass is 184 g/mol. The topological polar surface area (TPSA) is 0 Å². The lowest BCUT2D eigenvalue weighted by Crippen LogP contribution is -1.67. The molecule has 0 aromatic heterocycles. The highest BCUT2D eigenvalue weighted by atomic mass is 31.0. The molecule has 0 bridgehead atoms. The molecule has 0 nitrogen and oxygen atoms in total. The van der Waals surface area contributed by atoms with Gasteiger partial charge in [-0.15, -0.1) is 8.19 Å². The third-order valence-electron chi connectivity index (χ3n) is 2.46. The van der Waals surface area contributed by atoms with Crippen LogP contribution in [0.15, 0.2) is 48.0 Å². The van der Waals surface area contributed by atoms with Crippen LogP contribution in [0.5, 0.6) is 0 Å². The first-order chi connectivity index (χ1) is 6.45. The van der Waals surface area contributed by atoms with E-state index in [2.05, 4.69) is 48.0 Å². The van der Waals surface area contributed by atoms with E-state index >= 15 is 0 Å². The van der Waals surface area contributed by atoms with E-state index in [4.69, 9.17) is 0 Å². The van der Waals surface area contributed by atoms with Crippen molar-refractivity contribution in [3.05, 3.63) is 48.0 Å². The van der Waals surface area contributed by atoms with Gasteiger partial charge in [0.15, 0.2) is 0 Å².